The minimum absolute atomic E-state index is 0.878. The minimum atomic E-state index is 0.878. The molecule has 0 radical (unpaired) electrons. The van der Waals surface area contributed by atoms with Gasteiger partial charge in [-0.05, 0) is 20.5 Å². The maximum atomic E-state index is 5.55. The first-order valence-electron chi connectivity index (χ1n) is 7.00. The monoisotopic (exact) mass is 229 g/mol. The second kappa shape index (κ2) is 13.0. The van der Waals surface area contributed by atoms with E-state index in [1.807, 2.05) is 0 Å². The average Bonchev–Trinajstić information content (AvgIpc) is 2.25. The number of ether oxygens (including phenoxy) is 1. The molecule has 0 fully saturated rings. The lowest BCUT2D eigenvalue weighted by Crippen LogP contribution is -2.18. The van der Waals surface area contributed by atoms with Crippen LogP contribution in [0.5, 0.6) is 0 Å². The molecule has 0 atom stereocenters. The molecule has 16 heavy (non-hydrogen) atoms. The molecule has 0 saturated heterocycles. The lowest BCUT2D eigenvalue weighted by Gasteiger charge is -2.09. The van der Waals surface area contributed by atoms with E-state index in [1.54, 1.807) is 0 Å². The number of nitrogens with zero attached hydrogens (tertiary/aromatic N) is 1. The molecule has 0 aromatic rings. The lowest BCUT2D eigenvalue weighted by atomic mass is 10.1. The van der Waals surface area contributed by atoms with Crippen LogP contribution in [0.1, 0.15) is 58.3 Å². The van der Waals surface area contributed by atoms with Crippen molar-refractivity contribution in [1.29, 1.82) is 0 Å². The van der Waals surface area contributed by atoms with Crippen LogP contribution >= 0.6 is 0 Å². The molecule has 0 heterocycles. The van der Waals surface area contributed by atoms with Gasteiger partial charge >= 0.3 is 0 Å². The summed E-state index contributed by atoms with van der Waals surface area (Å²) in [5, 5.41) is 0. The van der Waals surface area contributed by atoms with E-state index in [0.717, 1.165) is 19.8 Å². The van der Waals surface area contributed by atoms with Gasteiger partial charge < -0.3 is 9.64 Å². The quantitative estimate of drug-likeness (QED) is 0.473. The van der Waals surface area contributed by atoms with Gasteiger partial charge in [0.2, 0.25) is 0 Å². The van der Waals surface area contributed by atoms with Gasteiger partial charge in [-0.1, -0.05) is 51.9 Å². The molecule has 0 saturated carbocycles. The summed E-state index contributed by atoms with van der Waals surface area (Å²) in [7, 11) is 4.17. The molecule has 0 aliphatic carbocycles. The Balaban J connectivity index is 2.88. The maximum absolute atomic E-state index is 5.55. The van der Waals surface area contributed by atoms with Crippen LogP contribution in [0.2, 0.25) is 0 Å². The normalized spacial score (nSPS) is 11.2. The second-order valence-corrected chi connectivity index (χ2v) is 4.89. The lowest BCUT2D eigenvalue weighted by molar-refractivity contribution is 0.114. The standard InChI is InChI=1S/C14H31NO/c1-4-5-6-7-8-9-10-11-13-16-14-12-15(2)3/h4-14H2,1-3H3. The molecular formula is C14H31NO. The summed E-state index contributed by atoms with van der Waals surface area (Å²) < 4.78 is 5.55. The summed E-state index contributed by atoms with van der Waals surface area (Å²) in [4.78, 5) is 2.16. The summed E-state index contributed by atoms with van der Waals surface area (Å²) in [6.07, 6.45) is 11.0. The van der Waals surface area contributed by atoms with E-state index in [9.17, 15) is 0 Å². The number of rotatable bonds is 12. The van der Waals surface area contributed by atoms with Crippen LogP contribution in [0.3, 0.4) is 0 Å². The topological polar surface area (TPSA) is 12.5 Å². The summed E-state index contributed by atoms with van der Waals surface area (Å²) in [6, 6.07) is 0. The zero-order valence-electron chi connectivity index (χ0n) is 11.6. The molecule has 0 spiro atoms. The molecule has 0 aromatic heterocycles. The highest BCUT2D eigenvalue weighted by Crippen LogP contribution is 2.08. The van der Waals surface area contributed by atoms with Crippen LogP contribution in [0, 0.1) is 0 Å². The Kier molecular flexibility index (Phi) is 12.9. The highest BCUT2D eigenvalue weighted by Gasteiger charge is 1.93. The fraction of sp³-hybridized carbons (Fsp3) is 1.00. The first kappa shape index (κ1) is 15.9. The van der Waals surface area contributed by atoms with Crippen molar-refractivity contribution < 1.29 is 4.74 Å². The first-order valence-corrected chi connectivity index (χ1v) is 7.00. The molecular weight excluding hydrogens is 198 g/mol. The Hall–Kier alpha value is -0.0800. The Bertz CT molecular complexity index is 126. The Labute approximate surface area is 102 Å². The van der Waals surface area contributed by atoms with Crippen molar-refractivity contribution in [3.05, 3.63) is 0 Å². The molecule has 2 heteroatoms. The molecule has 98 valence electrons. The largest absolute Gasteiger partial charge is 0.380 e. The molecule has 0 amide bonds. The Morgan fingerprint density at radius 3 is 1.88 bits per heavy atom. The van der Waals surface area contributed by atoms with Gasteiger partial charge in [-0.2, -0.15) is 0 Å². The van der Waals surface area contributed by atoms with Gasteiger partial charge in [-0.25, -0.2) is 0 Å². The predicted octanol–water partition coefficient (Wildman–Crippen LogP) is 3.71. The van der Waals surface area contributed by atoms with Crippen molar-refractivity contribution in [2.75, 3.05) is 33.9 Å². The van der Waals surface area contributed by atoms with E-state index in [1.165, 1.54) is 51.4 Å². The second-order valence-electron chi connectivity index (χ2n) is 4.89. The van der Waals surface area contributed by atoms with E-state index in [4.69, 9.17) is 4.74 Å². The van der Waals surface area contributed by atoms with Crippen LogP contribution in [0.4, 0.5) is 0 Å². The average molecular weight is 229 g/mol. The number of likely N-dealkylation sites (N-methyl/N-ethyl adjacent to an activating group) is 1. The molecule has 0 bridgehead atoms. The molecule has 0 aliphatic rings. The smallest absolute Gasteiger partial charge is 0.0593 e. The van der Waals surface area contributed by atoms with Gasteiger partial charge in [0.1, 0.15) is 0 Å². The van der Waals surface area contributed by atoms with Gasteiger partial charge in [0.05, 0.1) is 6.61 Å². The van der Waals surface area contributed by atoms with E-state index >= 15 is 0 Å². The van der Waals surface area contributed by atoms with Gasteiger partial charge in [-0.15, -0.1) is 0 Å². The van der Waals surface area contributed by atoms with E-state index in [-0.39, 0.29) is 0 Å². The zero-order chi connectivity index (χ0) is 12.1. The van der Waals surface area contributed by atoms with Crippen LogP contribution in [0.15, 0.2) is 0 Å². The maximum Gasteiger partial charge on any atom is 0.0593 e. The van der Waals surface area contributed by atoms with Crippen molar-refractivity contribution in [2.45, 2.75) is 58.3 Å². The van der Waals surface area contributed by atoms with Crippen LogP contribution in [-0.2, 0) is 4.74 Å². The SMILES string of the molecule is CCCCCCCCCCOCCN(C)C. The van der Waals surface area contributed by atoms with Crippen LogP contribution in [0.25, 0.3) is 0 Å². The molecule has 0 aliphatic heterocycles. The fourth-order valence-corrected chi connectivity index (χ4v) is 1.69. The number of hydrogen-bond donors (Lipinski definition) is 0. The van der Waals surface area contributed by atoms with Crippen molar-refractivity contribution in [1.82, 2.24) is 4.90 Å². The summed E-state index contributed by atoms with van der Waals surface area (Å²) in [5.41, 5.74) is 0. The van der Waals surface area contributed by atoms with Crippen molar-refractivity contribution in [3.8, 4) is 0 Å². The summed E-state index contributed by atoms with van der Waals surface area (Å²) in [6.45, 7) is 5.13. The van der Waals surface area contributed by atoms with Crippen molar-refractivity contribution in [2.24, 2.45) is 0 Å². The Morgan fingerprint density at radius 1 is 0.750 bits per heavy atom. The molecule has 0 N–H and O–H groups in total. The first-order chi connectivity index (χ1) is 7.77. The van der Waals surface area contributed by atoms with E-state index < -0.39 is 0 Å². The highest BCUT2D eigenvalue weighted by molar-refractivity contribution is 4.46. The predicted molar refractivity (Wildman–Crippen MR) is 72.0 cm³/mol. The van der Waals surface area contributed by atoms with Crippen molar-refractivity contribution in [3.63, 3.8) is 0 Å². The molecule has 0 unspecified atom stereocenters. The number of unbranched alkanes of at least 4 members (excludes halogenated alkanes) is 7. The third-order valence-electron chi connectivity index (χ3n) is 2.83. The van der Waals surface area contributed by atoms with Gasteiger partial charge in [0, 0.05) is 13.2 Å². The van der Waals surface area contributed by atoms with Crippen LogP contribution < -0.4 is 0 Å². The van der Waals surface area contributed by atoms with Gasteiger partial charge in [0.15, 0.2) is 0 Å². The molecule has 2 nitrogen and oxygen atoms in total. The van der Waals surface area contributed by atoms with Crippen LogP contribution in [-0.4, -0.2) is 38.8 Å². The van der Waals surface area contributed by atoms with E-state index in [2.05, 4.69) is 25.9 Å². The summed E-state index contributed by atoms with van der Waals surface area (Å²) in [5.74, 6) is 0. The van der Waals surface area contributed by atoms with Gasteiger partial charge in [0.25, 0.3) is 0 Å². The molecule has 0 rings (SSSR count). The van der Waals surface area contributed by atoms with E-state index in [0.29, 0.717) is 0 Å². The highest BCUT2D eigenvalue weighted by atomic mass is 16.5. The Morgan fingerprint density at radius 2 is 1.31 bits per heavy atom. The minimum Gasteiger partial charge on any atom is -0.380 e. The third-order valence-corrected chi connectivity index (χ3v) is 2.83. The van der Waals surface area contributed by atoms with Gasteiger partial charge in [-0.3, -0.25) is 0 Å². The molecule has 0 aromatic carbocycles. The third kappa shape index (κ3) is 13.9. The summed E-state index contributed by atoms with van der Waals surface area (Å²) >= 11 is 0. The fourth-order valence-electron chi connectivity index (χ4n) is 1.69. The zero-order valence-corrected chi connectivity index (χ0v) is 11.6. The van der Waals surface area contributed by atoms with Crippen molar-refractivity contribution >= 4 is 0 Å². The number of hydrogen-bond acceptors (Lipinski definition) is 2.